The van der Waals surface area contributed by atoms with Crippen molar-refractivity contribution in [3.05, 3.63) is 34.5 Å². The van der Waals surface area contributed by atoms with Gasteiger partial charge in [-0.1, -0.05) is 6.58 Å². The van der Waals surface area contributed by atoms with E-state index in [0.717, 1.165) is 25.7 Å². The van der Waals surface area contributed by atoms with E-state index >= 15 is 0 Å². The van der Waals surface area contributed by atoms with Gasteiger partial charge in [0, 0.05) is 25.7 Å². The van der Waals surface area contributed by atoms with Crippen LogP contribution in [-0.2, 0) is 6.54 Å². The Morgan fingerprint density at radius 1 is 1.62 bits per heavy atom. The molecule has 1 aromatic heterocycles. The number of likely N-dealkylation sites (N-methyl/N-ethyl adjacent to an activating group) is 1. The lowest BCUT2D eigenvalue weighted by Gasteiger charge is -2.22. The first-order valence-corrected chi connectivity index (χ1v) is 6.80. The summed E-state index contributed by atoms with van der Waals surface area (Å²) >= 11 is 1.78. The lowest BCUT2D eigenvalue weighted by Crippen LogP contribution is -2.29. The van der Waals surface area contributed by atoms with Gasteiger partial charge in [-0.25, -0.2) is 0 Å². The highest BCUT2D eigenvalue weighted by Crippen LogP contribution is 2.29. The zero-order valence-corrected chi connectivity index (χ0v) is 10.7. The zero-order valence-electron chi connectivity index (χ0n) is 9.91. The van der Waals surface area contributed by atoms with E-state index in [9.17, 15) is 0 Å². The third-order valence-electron chi connectivity index (χ3n) is 2.88. The summed E-state index contributed by atoms with van der Waals surface area (Å²) in [4.78, 5) is 2.56. The molecule has 0 radical (unpaired) electrons. The second-order valence-corrected chi connectivity index (χ2v) is 5.33. The van der Waals surface area contributed by atoms with Gasteiger partial charge < -0.3 is 5.32 Å². The van der Waals surface area contributed by atoms with Crippen molar-refractivity contribution in [3.8, 4) is 0 Å². The molecule has 3 heteroatoms. The number of thiophene rings is 1. The van der Waals surface area contributed by atoms with E-state index < -0.39 is 0 Å². The van der Waals surface area contributed by atoms with Crippen LogP contribution < -0.4 is 5.32 Å². The SMILES string of the molecule is C=C(CNC)CN(Cc1ccsc1)C1CC1. The molecular weight excluding hydrogens is 216 g/mol. The first-order chi connectivity index (χ1) is 7.79. The number of hydrogen-bond donors (Lipinski definition) is 1. The van der Waals surface area contributed by atoms with Gasteiger partial charge in [0.25, 0.3) is 0 Å². The molecule has 1 aromatic rings. The van der Waals surface area contributed by atoms with Gasteiger partial charge in [0.15, 0.2) is 0 Å². The molecule has 1 aliphatic carbocycles. The van der Waals surface area contributed by atoms with E-state index in [1.807, 2.05) is 7.05 Å². The maximum Gasteiger partial charge on any atom is 0.0248 e. The van der Waals surface area contributed by atoms with Gasteiger partial charge >= 0.3 is 0 Å². The van der Waals surface area contributed by atoms with Crippen LogP contribution in [0.2, 0.25) is 0 Å². The van der Waals surface area contributed by atoms with Crippen LogP contribution in [0.1, 0.15) is 18.4 Å². The molecule has 0 bridgehead atoms. The maximum absolute atomic E-state index is 4.12. The second kappa shape index (κ2) is 5.62. The number of hydrogen-bond acceptors (Lipinski definition) is 3. The van der Waals surface area contributed by atoms with Crippen LogP contribution in [0.3, 0.4) is 0 Å². The molecule has 1 saturated carbocycles. The van der Waals surface area contributed by atoms with Crippen LogP contribution in [0.4, 0.5) is 0 Å². The summed E-state index contributed by atoms with van der Waals surface area (Å²) in [5, 5.41) is 7.57. The highest BCUT2D eigenvalue weighted by atomic mass is 32.1. The Bertz CT molecular complexity index is 328. The Labute approximate surface area is 102 Å². The van der Waals surface area contributed by atoms with Crippen molar-refractivity contribution in [2.75, 3.05) is 20.1 Å². The molecule has 1 heterocycles. The minimum Gasteiger partial charge on any atom is -0.316 e. The number of rotatable bonds is 7. The maximum atomic E-state index is 4.12. The van der Waals surface area contributed by atoms with Crippen molar-refractivity contribution in [1.82, 2.24) is 10.2 Å². The van der Waals surface area contributed by atoms with Gasteiger partial charge in [-0.05, 0) is 47.9 Å². The highest BCUT2D eigenvalue weighted by Gasteiger charge is 2.28. The molecule has 2 nitrogen and oxygen atoms in total. The molecule has 1 N–H and O–H groups in total. The van der Waals surface area contributed by atoms with E-state index in [4.69, 9.17) is 0 Å². The summed E-state index contributed by atoms with van der Waals surface area (Å²) in [5.41, 5.74) is 2.72. The number of nitrogens with one attached hydrogen (secondary N) is 1. The molecule has 0 saturated heterocycles. The Morgan fingerprint density at radius 2 is 2.44 bits per heavy atom. The van der Waals surface area contributed by atoms with Gasteiger partial charge in [0.2, 0.25) is 0 Å². The Morgan fingerprint density at radius 3 is 3.00 bits per heavy atom. The molecule has 16 heavy (non-hydrogen) atoms. The normalized spacial score (nSPS) is 15.6. The summed E-state index contributed by atoms with van der Waals surface area (Å²) in [6.07, 6.45) is 2.72. The standard InChI is InChI=1S/C13H20N2S/c1-11(7-14-2)8-15(13-3-4-13)9-12-5-6-16-10-12/h5-6,10,13-14H,1,3-4,7-9H2,2H3. The predicted molar refractivity (Wildman–Crippen MR) is 70.8 cm³/mol. The van der Waals surface area contributed by atoms with Crippen LogP contribution >= 0.6 is 11.3 Å². The number of nitrogens with zero attached hydrogens (tertiary/aromatic N) is 1. The largest absolute Gasteiger partial charge is 0.316 e. The monoisotopic (exact) mass is 236 g/mol. The summed E-state index contributed by atoms with van der Waals surface area (Å²) in [6, 6.07) is 3.02. The predicted octanol–water partition coefficient (Wildman–Crippen LogP) is 2.49. The van der Waals surface area contributed by atoms with Gasteiger partial charge in [0.1, 0.15) is 0 Å². The summed E-state index contributed by atoms with van der Waals surface area (Å²) in [6.45, 7) is 7.15. The fraction of sp³-hybridized carbons (Fsp3) is 0.538. The fourth-order valence-electron chi connectivity index (χ4n) is 1.96. The minimum atomic E-state index is 0.800. The van der Waals surface area contributed by atoms with E-state index in [2.05, 4.69) is 33.6 Å². The Kier molecular flexibility index (Phi) is 4.16. The molecule has 2 rings (SSSR count). The molecule has 0 aliphatic heterocycles. The van der Waals surface area contributed by atoms with E-state index in [0.29, 0.717) is 0 Å². The Hall–Kier alpha value is -0.640. The minimum absolute atomic E-state index is 0.800. The molecule has 1 aliphatic rings. The first kappa shape index (κ1) is 11.8. The van der Waals surface area contributed by atoms with Crippen LogP contribution in [-0.4, -0.2) is 31.1 Å². The summed E-state index contributed by atoms with van der Waals surface area (Å²) < 4.78 is 0. The van der Waals surface area contributed by atoms with Crippen LogP contribution in [0.5, 0.6) is 0 Å². The molecular formula is C13H20N2S. The van der Waals surface area contributed by atoms with Crippen molar-refractivity contribution in [3.63, 3.8) is 0 Å². The van der Waals surface area contributed by atoms with E-state index in [1.165, 1.54) is 24.0 Å². The van der Waals surface area contributed by atoms with Crippen molar-refractivity contribution >= 4 is 11.3 Å². The van der Waals surface area contributed by atoms with Crippen LogP contribution in [0.15, 0.2) is 29.0 Å². The van der Waals surface area contributed by atoms with Gasteiger partial charge in [0.05, 0.1) is 0 Å². The average molecular weight is 236 g/mol. The molecule has 0 amide bonds. The molecule has 0 spiro atoms. The van der Waals surface area contributed by atoms with E-state index in [1.54, 1.807) is 11.3 Å². The molecule has 1 fully saturated rings. The molecule has 0 atom stereocenters. The van der Waals surface area contributed by atoms with Crippen LogP contribution in [0.25, 0.3) is 0 Å². The van der Waals surface area contributed by atoms with Crippen molar-refractivity contribution in [1.29, 1.82) is 0 Å². The topological polar surface area (TPSA) is 15.3 Å². The average Bonchev–Trinajstić information content (AvgIpc) is 2.98. The zero-order chi connectivity index (χ0) is 11.4. The lowest BCUT2D eigenvalue weighted by atomic mass is 10.2. The van der Waals surface area contributed by atoms with Crippen molar-refractivity contribution in [2.24, 2.45) is 0 Å². The fourth-order valence-corrected chi connectivity index (χ4v) is 2.62. The van der Waals surface area contributed by atoms with Crippen LogP contribution in [0, 0.1) is 0 Å². The third-order valence-corrected chi connectivity index (χ3v) is 3.61. The molecule has 88 valence electrons. The summed E-state index contributed by atoms with van der Waals surface area (Å²) in [7, 11) is 1.98. The van der Waals surface area contributed by atoms with Gasteiger partial charge in [-0.2, -0.15) is 11.3 Å². The quantitative estimate of drug-likeness (QED) is 0.732. The highest BCUT2D eigenvalue weighted by molar-refractivity contribution is 7.07. The van der Waals surface area contributed by atoms with E-state index in [-0.39, 0.29) is 0 Å². The third kappa shape index (κ3) is 3.44. The smallest absolute Gasteiger partial charge is 0.0248 e. The van der Waals surface area contributed by atoms with Gasteiger partial charge in [-0.15, -0.1) is 0 Å². The summed E-state index contributed by atoms with van der Waals surface area (Å²) in [5.74, 6) is 0. The van der Waals surface area contributed by atoms with Crippen molar-refractivity contribution in [2.45, 2.75) is 25.4 Å². The Balaban J connectivity index is 1.87. The molecule has 0 aromatic carbocycles. The molecule has 0 unspecified atom stereocenters. The lowest BCUT2D eigenvalue weighted by molar-refractivity contribution is 0.276. The van der Waals surface area contributed by atoms with Gasteiger partial charge in [-0.3, -0.25) is 4.90 Å². The van der Waals surface area contributed by atoms with Crippen molar-refractivity contribution < 1.29 is 0 Å². The first-order valence-electron chi connectivity index (χ1n) is 5.86. The second-order valence-electron chi connectivity index (χ2n) is 4.55.